The summed E-state index contributed by atoms with van der Waals surface area (Å²) >= 11 is 5.00. The Morgan fingerprint density at radius 1 is 1.30 bits per heavy atom. The first-order chi connectivity index (χ1) is 9.66. The first-order valence-corrected chi connectivity index (χ1v) is 6.80. The predicted octanol–water partition coefficient (Wildman–Crippen LogP) is 2.42. The molecule has 2 rings (SSSR count). The van der Waals surface area contributed by atoms with Crippen LogP contribution in [0.2, 0.25) is 0 Å². The summed E-state index contributed by atoms with van der Waals surface area (Å²) in [5, 5.41) is 0. The van der Waals surface area contributed by atoms with Gasteiger partial charge >= 0.3 is 0 Å². The average molecular weight is 290 g/mol. The Bertz CT molecular complexity index is 555. The van der Waals surface area contributed by atoms with Crippen molar-refractivity contribution >= 4 is 17.2 Å². The number of hydrogen-bond donors (Lipinski definition) is 1. The van der Waals surface area contributed by atoms with Crippen LogP contribution in [0.3, 0.4) is 0 Å². The lowest BCUT2D eigenvalue weighted by Gasteiger charge is -2.16. The Hall–Kier alpha value is -1.85. The Kier molecular flexibility index (Phi) is 5.15. The molecule has 0 aliphatic rings. The van der Waals surface area contributed by atoms with Crippen LogP contribution < -0.4 is 10.5 Å². The van der Waals surface area contributed by atoms with Crippen molar-refractivity contribution in [2.24, 2.45) is 5.73 Å². The van der Waals surface area contributed by atoms with Crippen LogP contribution in [-0.4, -0.2) is 30.1 Å². The predicted molar refractivity (Wildman–Crippen MR) is 82.9 cm³/mol. The molecular weight excluding hydrogens is 272 g/mol. The third-order valence-corrected chi connectivity index (χ3v) is 3.11. The smallest absolute Gasteiger partial charge is 0.129 e. The van der Waals surface area contributed by atoms with Gasteiger partial charge in [0.05, 0.1) is 18.4 Å². The van der Waals surface area contributed by atoms with Crippen molar-refractivity contribution in [3.8, 4) is 5.75 Å². The van der Waals surface area contributed by atoms with E-state index in [0.29, 0.717) is 11.6 Å². The normalized spacial score (nSPS) is 10.7. The minimum Gasteiger partial charge on any atom is -0.492 e. The number of furan rings is 1. The number of thiocarbonyl (C=S) groups is 1. The van der Waals surface area contributed by atoms with E-state index in [4.69, 9.17) is 27.1 Å². The molecule has 0 saturated carbocycles. The van der Waals surface area contributed by atoms with Crippen molar-refractivity contribution in [3.05, 3.63) is 54.0 Å². The molecule has 2 aromatic rings. The van der Waals surface area contributed by atoms with Crippen LogP contribution in [0, 0.1) is 0 Å². The second-order valence-electron chi connectivity index (χ2n) is 4.53. The van der Waals surface area contributed by atoms with Gasteiger partial charge in [0.15, 0.2) is 0 Å². The third-order valence-electron chi connectivity index (χ3n) is 2.89. The Morgan fingerprint density at radius 3 is 2.80 bits per heavy atom. The van der Waals surface area contributed by atoms with Gasteiger partial charge < -0.3 is 14.9 Å². The molecule has 0 aliphatic carbocycles. The highest BCUT2D eigenvalue weighted by Gasteiger charge is 2.06. The standard InChI is InChI=1S/C15H18N2O2S/c1-17(11-12-5-4-9-18-12)8-10-19-14-7-3-2-6-13(14)15(16)20/h2-7,9H,8,10-11H2,1H3,(H2,16,20). The topological polar surface area (TPSA) is 51.6 Å². The molecule has 106 valence electrons. The first kappa shape index (κ1) is 14.6. The maximum absolute atomic E-state index is 5.75. The van der Waals surface area contributed by atoms with Crippen LogP contribution in [0.5, 0.6) is 5.75 Å². The highest BCUT2D eigenvalue weighted by molar-refractivity contribution is 7.80. The molecule has 1 heterocycles. The number of rotatable bonds is 7. The minimum absolute atomic E-state index is 0.351. The van der Waals surface area contributed by atoms with Crippen molar-refractivity contribution in [3.63, 3.8) is 0 Å². The van der Waals surface area contributed by atoms with Crippen LogP contribution in [0.25, 0.3) is 0 Å². The Balaban J connectivity index is 1.82. The second kappa shape index (κ2) is 7.07. The van der Waals surface area contributed by atoms with E-state index in [0.717, 1.165) is 30.2 Å². The van der Waals surface area contributed by atoms with Gasteiger partial charge in [-0.1, -0.05) is 24.4 Å². The van der Waals surface area contributed by atoms with Gasteiger partial charge in [0, 0.05) is 6.54 Å². The molecule has 0 radical (unpaired) electrons. The first-order valence-electron chi connectivity index (χ1n) is 6.39. The van der Waals surface area contributed by atoms with E-state index in [9.17, 15) is 0 Å². The van der Waals surface area contributed by atoms with Crippen molar-refractivity contribution < 1.29 is 9.15 Å². The minimum atomic E-state index is 0.351. The van der Waals surface area contributed by atoms with E-state index in [1.165, 1.54) is 0 Å². The molecule has 0 aliphatic heterocycles. The fourth-order valence-electron chi connectivity index (χ4n) is 1.86. The van der Waals surface area contributed by atoms with Crippen LogP contribution in [0.15, 0.2) is 47.1 Å². The molecule has 0 saturated heterocycles. The molecule has 1 aromatic heterocycles. The van der Waals surface area contributed by atoms with Crippen LogP contribution in [0.4, 0.5) is 0 Å². The molecular formula is C15H18N2O2S. The zero-order valence-corrected chi connectivity index (χ0v) is 12.2. The van der Waals surface area contributed by atoms with E-state index in [1.807, 2.05) is 43.4 Å². The molecule has 1 aromatic carbocycles. The Labute approximate surface area is 124 Å². The molecule has 2 N–H and O–H groups in total. The molecule has 4 nitrogen and oxygen atoms in total. The fourth-order valence-corrected chi connectivity index (χ4v) is 2.02. The molecule has 0 fully saturated rings. The quantitative estimate of drug-likeness (QED) is 0.794. The molecule has 0 amide bonds. The summed E-state index contributed by atoms with van der Waals surface area (Å²) in [6.07, 6.45) is 1.68. The molecule has 0 bridgehead atoms. The van der Waals surface area contributed by atoms with Crippen molar-refractivity contribution in [1.82, 2.24) is 4.90 Å². The van der Waals surface area contributed by atoms with E-state index in [-0.39, 0.29) is 0 Å². The lowest BCUT2D eigenvalue weighted by Crippen LogP contribution is -2.24. The second-order valence-corrected chi connectivity index (χ2v) is 4.97. The number of nitrogens with two attached hydrogens (primary N) is 1. The summed E-state index contributed by atoms with van der Waals surface area (Å²) in [6.45, 7) is 2.11. The number of nitrogens with zero attached hydrogens (tertiary/aromatic N) is 1. The Morgan fingerprint density at radius 2 is 2.10 bits per heavy atom. The monoisotopic (exact) mass is 290 g/mol. The van der Waals surface area contributed by atoms with Gasteiger partial charge in [-0.05, 0) is 31.3 Å². The largest absolute Gasteiger partial charge is 0.492 e. The van der Waals surface area contributed by atoms with Gasteiger partial charge in [-0.3, -0.25) is 4.90 Å². The zero-order valence-electron chi connectivity index (χ0n) is 11.4. The molecule has 20 heavy (non-hydrogen) atoms. The van der Waals surface area contributed by atoms with Gasteiger partial charge in [-0.2, -0.15) is 0 Å². The van der Waals surface area contributed by atoms with E-state index in [2.05, 4.69) is 4.90 Å². The van der Waals surface area contributed by atoms with Crippen molar-refractivity contribution in [2.45, 2.75) is 6.54 Å². The van der Waals surface area contributed by atoms with Crippen LogP contribution in [0.1, 0.15) is 11.3 Å². The summed E-state index contributed by atoms with van der Waals surface area (Å²) in [5.74, 6) is 1.67. The van der Waals surface area contributed by atoms with Crippen LogP contribution >= 0.6 is 12.2 Å². The lowest BCUT2D eigenvalue weighted by molar-refractivity contribution is 0.222. The van der Waals surface area contributed by atoms with E-state index in [1.54, 1.807) is 6.26 Å². The maximum atomic E-state index is 5.75. The van der Waals surface area contributed by atoms with Gasteiger partial charge in [0.1, 0.15) is 23.1 Å². The average Bonchev–Trinajstić information content (AvgIpc) is 2.92. The lowest BCUT2D eigenvalue weighted by atomic mass is 10.2. The maximum Gasteiger partial charge on any atom is 0.129 e. The molecule has 0 spiro atoms. The van der Waals surface area contributed by atoms with Crippen molar-refractivity contribution in [1.29, 1.82) is 0 Å². The number of ether oxygens (including phenoxy) is 1. The highest BCUT2D eigenvalue weighted by atomic mass is 32.1. The van der Waals surface area contributed by atoms with Gasteiger partial charge in [-0.25, -0.2) is 0 Å². The van der Waals surface area contributed by atoms with E-state index < -0.39 is 0 Å². The van der Waals surface area contributed by atoms with Gasteiger partial charge in [0.2, 0.25) is 0 Å². The molecule has 5 heteroatoms. The zero-order chi connectivity index (χ0) is 14.4. The van der Waals surface area contributed by atoms with Gasteiger partial charge in [-0.15, -0.1) is 0 Å². The summed E-state index contributed by atoms with van der Waals surface area (Å²) < 4.78 is 11.1. The summed E-state index contributed by atoms with van der Waals surface area (Å²) in [4.78, 5) is 2.48. The summed E-state index contributed by atoms with van der Waals surface area (Å²) in [7, 11) is 2.02. The summed E-state index contributed by atoms with van der Waals surface area (Å²) in [6, 6.07) is 11.4. The number of benzene rings is 1. The summed E-state index contributed by atoms with van der Waals surface area (Å²) in [5.41, 5.74) is 6.44. The molecule has 0 unspecified atom stereocenters. The van der Waals surface area contributed by atoms with Crippen molar-refractivity contribution in [2.75, 3.05) is 20.2 Å². The number of para-hydroxylation sites is 1. The van der Waals surface area contributed by atoms with Crippen LogP contribution in [-0.2, 0) is 6.54 Å². The number of hydrogen-bond acceptors (Lipinski definition) is 4. The SMILES string of the molecule is CN(CCOc1ccccc1C(N)=S)Cc1ccco1. The van der Waals surface area contributed by atoms with Gasteiger partial charge in [0.25, 0.3) is 0 Å². The number of likely N-dealkylation sites (N-methyl/N-ethyl adjacent to an activating group) is 1. The highest BCUT2D eigenvalue weighted by Crippen LogP contribution is 2.17. The van der Waals surface area contributed by atoms with E-state index >= 15 is 0 Å². The third kappa shape index (κ3) is 4.08. The molecule has 0 atom stereocenters. The fraction of sp³-hybridized carbons (Fsp3) is 0.267.